The molecule has 0 amide bonds. The highest BCUT2D eigenvalue weighted by molar-refractivity contribution is 7.80. The number of rotatable bonds is 16. The number of hydrogen-bond acceptors (Lipinski definition) is 4. The largest absolute Gasteiger partial charge is 0.379 e. The summed E-state index contributed by atoms with van der Waals surface area (Å²) < 4.78 is 5.47. The van der Waals surface area contributed by atoms with Crippen LogP contribution >= 0.6 is 12.2 Å². The van der Waals surface area contributed by atoms with E-state index in [1.165, 1.54) is 69.8 Å². The average Bonchev–Trinajstić information content (AvgIpc) is 2.81. The van der Waals surface area contributed by atoms with E-state index in [-0.39, 0.29) is 0 Å². The summed E-state index contributed by atoms with van der Waals surface area (Å²) >= 11 is 5.76. The molecule has 0 unspecified atom stereocenters. The molecule has 0 bridgehead atoms. The topological polar surface area (TPSA) is 40.6 Å². The van der Waals surface area contributed by atoms with Gasteiger partial charge in [-0.05, 0) is 30.3 Å². The average molecular weight is 449 g/mol. The van der Waals surface area contributed by atoms with E-state index in [9.17, 15) is 0 Å². The van der Waals surface area contributed by atoms with Gasteiger partial charge in [-0.2, -0.15) is 0 Å². The fraction of sp³-hybridized carbons (Fsp3) is 0.760. The fourth-order valence-electron chi connectivity index (χ4n) is 3.97. The maximum atomic E-state index is 5.76. The smallest absolute Gasteiger partial charge is 0.169 e. The van der Waals surface area contributed by atoms with Crippen LogP contribution in [0.15, 0.2) is 24.5 Å². The number of pyridine rings is 1. The van der Waals surface area contributed by atoms with E-state index in [1.807, 2.05) is 18.5 Å². The van der Waals surface area contributed by atoms with Gasteiger partial charge in [0.2, 0.25) is 0 Å². The zero-order valence-electron chi connectivity index (χ0n) is 19.7. The van der Waals surface area contributed by atoms with E-state index in [1.54, 1.807) is 0 Å². The van der Waals surface area contributed by atoms with Crippen LogP contribution in [-0.2, 0) is 11.3 Å². The van der Waals surface area contributed by atoms with Gasteiger partial charge in [0.25, 0.3) is 0 Å². The highest BCUT2D eigenvalue weighted by Gasteiger charge is 2.15. The molecule has 176 valence electrons. The molecule has 1 aromatic rings. The Bertz CT molecular complexity index is 566. The molecule has 1 aliphatic rings. The molecule has 1 fully saturated rings. The summed E-state index contributed by atoms with van der Waals surface area (Å²) in [4.78, 5) is 9.01. The third-order valence-corrected chi connectivity index (χ3v) is 6.38. The first-order valence-electron chi connectivity index (χ1n) is 12.5. The molecule has 5 nitrogen and oxygen atoms in total. The van der Waals surface area contributed by atoms with Crippen molar-refractivity contribution in [1.29, 1.82) is 0 Å². The Balaban J connectivity index is 1.62. The highest BCUT2D eigenvalue weighted by Crippen LogP contribution is 2.10. The van der Waals surface area contributed by atoms with Crippen molar-refractivity contribution in [3.63, 3.8) is 0 Å². The minimum absolute atomic E-state index is 0.808. The predicted molar refractivity (Wildman–Crippen MR) is 134 cm³/mol. The number of unbranched alkanes of at least 4 members (excludes halogenated alkanes) is 9. The quantitative estimate of drug-likeness (QED) is 0.283. The van der Waals surface area contributed by atoms with Crippen molar-refractivity contribution >= 4 is 17.3 Å². The van der Waals surface area contributed by atoms with Crippen molar-refractivity contribution in [2.45, 2.75) is 77.7 Å². The van der Waals surface area contributed by atoms with Gasteiger partial charge in [-0.3, -0.25) is 9.88 Å². The van der Waals surface area contributed by atoms with Crippen LogP contribution in [0.5, 0.6) is 0 Å². The van der Waals surface area contributed by atoms with Crippen molar-refractivity contribution in [2.75, 3.05) is 45.9 Å². The molecular weight excluding hydrogens is 404 g/mol. The Labute approximate surface area is 195 Å². The lowest BCUT2D eigenvalue weighted by Gasteiger charge is -2.31. The number of hydrogen-bond donors (Lipinski definition) is 1. The molecule has 1 aliphatic heterocycles. The van der Waals surface area contributed by atoms with Crippen LogP contribution in [0.4, 0.5) is 0 Å². The zero-order chi connectivity index (χ0) is 22.0. The third kappa shape index (κ3) is 12.4. The number of aromatic nitrogens is 1. The van der Waals surface area contributed by atoms with Gasteiger partial charge in [0.15, 0.2) is 5.11 Å². The normalized spacial score (nSPS) is 14.5. The summed E-state index contributed by atoms with van der Waals surface area (Å²) in [7, 11) is 0. The van der Waals surface area contributed by atoms with Crippen LogP contribution in [0.3, 0.4) is 0 Å². The maximum Gasteiger partial charge on any atom is 0.169 e. The van der Waals surface area contributed by atoms with E-state index >= 15 is 0 Å². The Morgan fingerprint density at radius 2 is 1.74 bits per heavy atom. The minimum atomic E-state index is 0.808. The van der Waals surface area contributed by atoms with Gasteiger partial charge in [0.1, 0.15) is 0 Å². The van der Waals surface area contributed by atoms with E-state index in [0.29, 0.717) is 0 Å². The molecule has 2 heterocycles. The molecule has 0 aromatic carbocycles. The van der Waals surface area contributed by atoms with Gasteiger partial charge >= 0.3 is 0 Å². The van der Waals surface area contributed by atoms with Crippen LogP contribution in [0.2, 0.25) is 0 Å². The van der Waals surface area contributed by atoms with Crippen LogP contribution in [0.1, 0.15) is 76.7 Å². The monoisotopic (exact) mass is 448 g/mol. The molecule has 31 heavy (non-hydrogen) atoms. The second kappa shape index (κ2) is 17.3. The molecular formula is C25H44N4OS. The van der Waals surface area contributed by atoms with E-state index in [2.05, 4.69) is 33.1 Å². The first kappa shape index (κ1) is 26.0. The lowest BCUT2D eigenvalue weighted by Crippen LogP contribution is -2.45. The van der Waals surface area contributed by atoms with Crippen LogP contribution in [0, 0.1) is 0 Å². The molecule has 1 aromatic heterocycles. The van der Waals surface area contributed by atoms with Crippen molar-refractivity contribution in [2.24, 2.45) is 0 Å². The molecule has 0 atom stereocenters. The Morgan fingerprint density at radius 3 is 2.39 bits per heavy atom. The summed E-state index contributed by atoms with van der Waals surface area (Å²) in [6.45, 7) is 9.70. The SMILES string of the molecule is CCCCCCCCCCCCNC(=S)N(CCN1CCOCC1)Cc1cccnc1. The van der Waals surface area contributed by atoms with Gasteiger partial charge in [-0.15, -0.1) is 0 Å². The van der Waals surface area contributed by atoms with Gasteiger partial charge in [-0.25, -0.2) is 0 Å². The summed E-state index contributed by atoms with van der Waals surface area (Å²) in [5.41, 5.74) is 1.20. The molecule has 1 saturated heterocycles. The number of ether oxygens (including phenoxy) is 1. The molecule has 0 saturated carbocycles. The maximum absolute atomic E-state index is 5.76. The highest BCUT2D eigenvalue weighted by atomic mass is 32.1. The van der Waals surface area contributed by atoms with Crippen LogP contribution < -0.4 is 5.32 Å². The number of nitrogens with zero attached hydrogens (tertiary/aromatic N) is 3. The van der Waals surface area contributed by atoms with Gasteiger partial charge in [0, 0.05) is 51.7 Å². The second-order valence-electron chi connectivity index (χ2n) is 8.65. The lowest BCUT2D eigenvalue weighted by atomic mass is 10.1. The molecule has 2 rings (SSSR count). The Hall–Kier alpha value is -1.24. The number of nitrogens with one attached hydrogen (secondary N) is 1. The van der Waals surface area contributed by atoms with Crippen molar-refractivity contribution in [3.8, 4) is 0 Å². The van der Waals surface area contributed by atoms with Gasteiger partial charge < -0.3 is 15.0 Å². The molecule has 0 aliphatic carbocycles. The van der Waals surface area contributed by atoms with Gasteiger partial charge in [-0.1, -0.05) is 70.8 Å². The van der Waals surface area contributed by atoms with Crippen molar-refractivity contribution in [3.05, 3.63) is 30.1 Å². The van der Waals surface area contributed by atoms with Crippen molar-refractivity contribution in [1.82, 2.24) is 20.1 Å². The van der Waals surface area contributed by atoms with Gasteiger partial charge in [0.05, 0.1) is 13.2 Å². The third-order valence-electron chi connectivity index (χ3n) is 5.98. The first-order valence-corrected chi connectivity index (χ1v) is 12.9. The fourth-order valence-corrected chi connectivity index (χ4v) is 4.23. The van der Waals surface area contributed by atoms with Crippen LogP contribution in [-0.4, -0.2) is 65.8 Å². The Kier molecular flexibility index (Phi) is 14.5. The second-order valence-corrected chi connectivity index (χ2v) is 9.04. The molecule has 0 spiro atoms. The Morgan fingerprint density at radius 1 is 1.06 bits per heavy atom. The standard InChI is InChI=1S/C25H44N4OS/c1-2-3-4-5-6-7-8-9-10-11-15-27-25(31)29(23-24-13-12-14-26-22-24)17-16-28-18-20-30-21-19-28/h12-14,22H,2-11,15-21,23H2,1H3,(H,27,31). The minimum Gasteiger partial charge on any atom is -0.379 e. The first-order chi connectivity index (χ1) is 15.3. The number of thiocarbonyl (C=S) groups is 1. The molecule has 0 radical (unpaired) electrons. The summed E-state index contributed by atoms with van der Waals surface area (Å²) in [6, 6.07) is 4.12. The summed E-state index contributed by atoms with van der Waals surface area (Å²) in [6.07, 6.45) is 17.3. The molecule has 1 N–H and O–H groups in total. The van der Waals surface area contributed by atoms with Crippen molar-refractivity contribution < 1.29 is 4.74 Å². The zero-order valence-corrected chi connectivity index (χ0v) is 20.5. The number of morpholine rings is 1. The summed E-state index contributed by atoms with van der Waals surface area (Å²) in [5, 5.41) is 4.38. The molecule has 6 heteroatoms. The summed E-state index contributed by atoms with van der Waals surface area (Å²) in [5.74, 6) is 0. The predicted octanol–water partition coefficient (Wildman–Crippen LogP) is 5.01. The van der Waals surface area contributed by atoms with Crippen LogP contribution in [0.25, 0.3) is 0 Å². The van der Waals surface area contributed by atoms with E-state index < -0.39 is 0 Å². The van der Waals surface area contributed by atoms with E-state index in [0.717, 1.165) is 57.6 Å². The van der Waals surface area contributed by atoms with E-state index in [4.69, 9.17) is 17.0 Å². The lowest BCUT2D eigenvalue weighted by molar-refractivity contribution is 0.0357.